The smallest absolute Gasteiger partial charge is 0.242 e. The molecule has 0 bridgehead atoms. The van der Waals surface area contributed by atoms with Crippen molar-refractivity contribution in [1.82, 2.24) is 10.6 Å². The first-order chi connectivity index (χ1) is 9.93. The molecule has 0 saturated heterocycles. The van der Waals surface area contributed by atoms with E-state index in [0.29, 0.717) is 10.0 Å². The van der Waals surface area contributed by atoms with E-state index in [1.165, 1.54) is 0 Å². The lowest BCUT2D eigenvalue weighted by Crippen LogP contribution is -2.35. The fraction of sp³-hybridized carbons (Fsp3) is 0.308. The number of guanidine groups is 1. The first kappa shape index (κ1) is 17.1. The van der Waals surface area contributed by atoms with Gasteiger partial charge in [0.2, 0.25) is 5.91 Å². The third kappa shape index (κ3) is 5.90. The Balaban J connectivity index is 2.59. The molecule has 1 rings (SSSR count). The van der Waals surface area contributed by atoms with Crippen molar-refractivity contribution in [2.75, 3.05) is 13.1 Å². The molecule has 1 aromatic rings. The first-order valence-corrected chi connectivity index (χ1v) is 6.84. The number of nitrogens with two attached hydrogens (primary N) is 1. The van der Waals surface area contributed by atoms with Crippen molar-refractivity contribution < 1.29 is 4.79 Å². The van der Waals surface area contributed by atoms with Crippen molar-refractivity contribution >= 4 is 35.1 Å². The minimum Gasteiger partial charge on any atom is -0.370 e. The van der Waals surface area contributed by atoms with E-state index in [-0.39, 0.29) is 31.0 Å². The highest BCUT2D eigenvalue weighted by Gasteiger charge is 2.10. The highest BCUT2D eigenvalue weighted by Crippen LogP contribution is 2.25. The maximum absolute atomic E-state index is 11.3. The van der Waals surface area contributed by atoms with Crippen molar-refractivity contribution in [3.8, 4) is 6.07 Å². The zero-order valence-electron chi connectivity index (χ0n) is 11.4. The Labute approximate surface area is 132 Å². The van der Waals surface area contributed by atoms with Crippen LogP contribution in [0.3, 0.4) is 0 Å². The largest absolute Gasteiger partial charge is 0.370 e. The van der Waals surface area contributed by atoms with Gasteiger partial charge in [0, 0.05) is 10.0 Å². The van der Waals surface area contributed by atoms with Crippen LogP contribution >= 0.6 is 23.2 Å². The number of aliphatic imine (C=N–C) groups is 1. The topological polar surface area (TPSA) is 103 Å². The van der Waals surface area contributed by atoms with Crippen LogP contribution in [0.25, 0.3) is 0 Å². The number of amides is 1. The maximum Gasteiger partial charge on any atom is 0.242 e. The Hall–Kier alpha value is -1.97. The molecule has 0 fully saturated rings. The molecule has 0 aliphatic heterocycles. The second-order valence-corrected chi connectivity index (χ2v) is 5.01. The molecule has 21 heavy (non-hydrogen) atoms. The molecule has 1 unspecified atom stereocenters. The Kier molecular flexibility index (Phi) is 6.79. The van der Waals surface area contributed by atoms with Gasteiger partial charge >= 0.3 is 0 Å². The van der Waals surface area contributed by atoms with Crippen molar-refractivity contribution in [3.63, 3.8) is 0 Å². The van der Waals surface area contributed by atoms with Gasteiger partial charge in [-0.2, -0.15) is 5.26 Å². The lowest BCUT2D eigenvalue weighted by molar-refractivity contribution is -0.119. The summed E-state index contributed by atoms with van der Waals surface area (Å²) in [4.78, 5) is 15.1. The summed E-state index contributed by atoms with van der Waals surface area (Å²) in [6, 6.07) is 6.76. The molecule has 1 aromatic carbocycles. The quantitative estimate of drug-likeness (QED) is 0.434. The summed E-state index contributed by atoms with van der Waals surface area (Å²) in [5.74, 6) is -0.265. The summed E-state index contributed by atoms with van der Waals surface area (Å²) in [6.07, 6.45) is 0. The zero-order valence-corrected chi connectivity index (χ0v) is 12.9. The van der Waals surface area contributed by atoms with E-state index in [1.54, 1.807) is 24.3 Å². The molecule has 1 atom stereocenters. The van der Waals surface area contributed by atoms with Crippen molar-refractivity contribution in [1.29, 1.82) is 5.26 Å². The minimum atomic E-state index is -0.376. The number of nitrogens with one attached hydrogen (secondary N) is 2. The Morgan fingerprint density at radius 1 is 1.52 bits per heavy atom. The molecule has 0 heterocycles. The van der Waals surface area contributed by atoms with Crippen LogP contribution in [-0.4, -0.2) is 25.0 Å². The van der Waals surface area contributed by atoms with Crippen LogP contribution in [0, 0.1) is 11.3 Å². The predicted octanol–water partition coefficient (Wildman–Crippen LogP) is 1.60. The van der Waals surface area contributed by atoms with E-state index in [9.17, 15) is 4.79 Å². The number of rotatable bonds is 5. The van der Waals surface area contributed by atoms with E-state index < -0.39 is 0 Å². The summed E-state index contributed by atoms with van der Waals surface area (Å²) < 4.78 is 0. The third-order valence-electron chi connectivity index (χ3n) is 2.55. The normalized spacial score (nSPS) is 12.4. The van der Waals surface area contributed by atoms with Crippen LogP contribution in [0.15, 0.2) is 23.2 Å². The van der Waals surface area contributed by atoms with E-state index >= 15 is 0 Å². The van der Waals surface area contributed by atoms with Crippen LogP contribution in [0.2, 0.25) is 10.0 Å². The maximum atomic E-state index is 11.3. The second-order valence-electron chi connectivity index (χ2n) is 4.17. The molecule has 1 amide bonds. The SMILES string of the molecule is CC(NC(N)=NCC(=O)NCC#N)c1ccc(Cl)cc1Cl. The highest BCUT2D eigenvalue weighted by molar-refractivity contribution is 6.35. The fourth-order valence-corrected chi connectivity index (χ4v) is 2.12. The molecular weight excluding hydrogens is 313 g/mol. The molecular formula is C13H15Cl2N5O. The van der Waals surface area contributed by atoms with Gasteiger partial charge in [0.1, 0.15) is 13.1 Å². The zero-order chi connectivity index (χ0) is 15.8. The summed E-state index contributed by atoms with van der Waals surface area (Å²) in [5.41, 5.74) is 6.51. The number of hydrogen-bond acceptors (Lipinski definition) is 3. The Bertz CT molecular complexity index is 582. The van der Waals surface area contributed by atoms with Gasteiger partial charge in [-0.1, -0.05) is 29.3 Å². The van der Waals surface area contributed by atoms with Gasteiger partial charge in [-0.05, 0) is 24.6 Å². The molecule has 112 valence electrons. The van der Waals surface area contributed by atoms with Gasteiger partial charge in [-0.15, -0.1) is 0 Å². The lowest BCUT2D eigenvalue weighted by Gasteiger charge is -2.16. The van der Waals surface area contributed by atoms with E-state index in [0.717, 1.165) is 5.56 Å². The van der Waals surface area contributed by atoms with Crippen LogP contribution in [0.1, 0.15) is 18.5 Å². The summed E-state index contributed by atoms with van der Waals surface area (Å²) in [7, 11) is 0. The average Bonchev–Trinajstić information content (AvgIpc) is 2.42. The fourth-order valence-electron chi connectivity index (χ4n) is 1.55. The van der Waals surface area contributed by atoms with Crippen LogP contribution < -0.4 is 16.4 Å². The molecule has 4 N–H and O–H groups in total. The highest BCUT2D eigenvalue weighted by atomic mass is 35.5. The molecule has 0 aliphatic rings. The Morgan fingerprint density at radius 2 is 2.24 bits per heavy atom. The summed E-state index contributed by atoms with van der Waals surface area (Å²) in [6.45, 7) is 1.65. The second kappa shape index (κ2) is 8.35. The number of nitriles is 1. The van der Waals surface area contributed by atoms with Gasteiger partial charge in [0.15, 0.2) is 5.96 Å². The molecule has 0 aromatic heterocycles. The molecule has 0 spiro atoms. The molecule has 0 aliphatic carbocycles. The average molecular weight is 328 g/mol. The van der Waals surface area contributed by atoms with Crippen LogP contribution in [0.4, 0.5) is 0 Å². The Morgan fingerprint density at radius 3 is 2.86 bits per heavy atom. The molecule has 0 saturated carbocycles. The number of nitrogens with zero attached hydrogens (tertiary/aromatic N) is 2. The standard InChI is InChI=1S/C13H15Cl2N5O/c1-8(10-3-2-9(14)6-11(10)15)20-13(17)19-7-12(21)18-5-4-16/h2-3,6,8H,5,7H2,1H3,(H,18,21)(H3,17,19,20). The lowest BCUT2D eigenvalue weighted by atomic mass is 10.1. The van der Waals surface area contributed by atoms with Crippen molar-refractivity contribution in [2.45, 2.75) is 13.0 Å². The first-order valence-electron chi connectivity index (χ1n) is 6.09. The summed E-state index contributed by atoms with van der Waals surface area (Å²) >= 11 is 11.9. The van der Waals surface area contributed by atoms with Gasteiger partial charge in [-0.25, -0.2) is 4.99 Å². The van der Waals surface area contributed by atoms with Gasteiger partial charge in [-0.3, -0.25) is 4.79 Å². The minimum absolute atomic E-state index is 0.0571. The van der Waals surface area contributed by atoms with E-state index in [4.69, 9.17) is 34.2 Å². The molecule has 0 radical (unpaired) electrons. The van der Waals surface area contributed by atoms with Gasteiger partial charge < -0.3 is 16.4 Å². The van der Waals surface area contributed by atoms with Gasteiger partial charge in [0.05, 0.1) is 12.1 Å². The van der Waals surface area contributed by atoms with E-state index in [1.807, 2.05) is 6.92 Å². The number of carbonyl (C=O) groups excluding carboxylic acids is 1. The molecule has 6 nitrogen and oxygen atoms in total. The number of benzene rings is 1. The number of hydrogen-bond donors (Lipinski definition) is 3. The van der Waals surface area contributed by atoms with Crippen LogP contribution in [-0.2, 0) is 4.79 Å². The molecule has 8 heteroatoms. The van der Waals surface area contributed by atoms with Gasteiger partial charge in [0.25, 0.3) is 0 Å². The van der Waals surface area contributed by atoms with Crippen LogP contribution in [0.5, 0.6) is 0 Å². The van der Waals surface area contributed by atoms with Crippen molar-refractivity contribution in [2.24, 2.45) is 10.7 Å². The predicted molar refractivity (Wildman–Crippen MR) is 83.1 cm³/mol. The van der Waals surface area contributed by atoms with E-state index in [2.05, 4.69) is 15.6 Å². The monoisotopic (exact) mass is 327 g/mol. The summed E-state index contributed by atoms with van der Waals surface area (Å²) in [5, 5.41) is 14.7. The number of halogens is 2. The number of carbonyl (C=O) groups is 1. The van der Waals surface area contributed by atoms with Crippen molar-refractivity contribution in [3.05, 3.63) is 33.8 Å². The third-order valence-corrected chi connectivity index (χ3v) is 3.11.